The van der Waals surface area contributed by atoms with Crippen LogP contribution in [0.1, 0.15) is 5.69 Å². The zero-order chi connectivity index (χ0) is 20.1. The normalized spacial score (nSPS) is 10.7. The molecule has 0 unspecified atom stereocenters. The summed E-state index contributed by atoms with van der Waals surface area (Å²) in [6, 6.07) is 15.5. The van der Waals surface area contributed by atoms with Crippen molar-refractivity contribution in [1.82, 2.24) is 24.7 Å². The lowest BCUT2D eigenvalue weighted by molar-refractivity contribution is 0.392. The Kier molecular flexibility index (Phi) is 5.47. The predicted octanol–water partition coefficient (Wildman–Crippen LogP) is 3.66. The van der Waals surface area contributed by atoms with Crippen molar-refractivity contribution in [1.29, 1.82) is 0 Å². The average Bonchev–Trinajstić information content (AvgIpc) is 3.26. The molecule has 7 heteroatoms. The van der Waals surface area contributed by atoms with Gasteiger partial charge in [-0.3, -0.25) is 4.98 Å². The number of aromatic nitrogens is 5. The molecule has 1 aromatic carbocycles. The highest BCUT2D eigenvalue weighted by atomic mass is 16.5. The molecule has 29 heavy (non-hydrogen) atoms. The molecule has 4 rings (SSSR count). The minimum absolute atomic E-state index is 0.467. The number of hydrogen-bond donors (Lipinski definition) is 0. The van der Waals surface area contributed by atoms with Crippen molar-refractivity contribution < 1.29 is 9.47 Å². The van der Waals surface area contributed by atoms with Gasteiger partial charge in [0.05, 0.1) is 19.9 Å². The first-order valence-electron chi connectivity index (χ1n) is 9.26. The Morgan fingerprint density at radius 1 is 0.897 bits per heavy atom. The minimum Gasteiger partial charge on any atom is -0.496 e. The van der Waals surface area contributed by atoms with E-state index >= 15 is 0 Å². The number of nitrogens with zero attached hydrogens (tertiary/aromatic N) is 5. The van der Waals surface area contributed by atoms with Gasteiger partial charge in [0.25, 0.3) is 0 Å². The molecule has 0 saturated heterocycles. The summed E-state index contributed by atoms with van der Waals surface area (Å²) in [7, 11) is 3.21. The van der Waals surface area contributed by atoms with Crippen molar-refractivity contribution in [3.8, 4) is 34.3 Å². The smallest absolute Gasteiger partial charge is 0.233 e. The third-order valence-corrected chi connectivity index (χ3v) is 4.63. The highest BCUT2D eigenvalue weighted by Gasteiger charge is 2.13. The molecule has 0 spiro atoms. The number of methoxy groups -OCH3 is 2. The van der Waals surface area contributed by atoms with E-state index in [0.29, 0.717) is 11.6 Å². The molecule has 0 fully saturated rings. The van der Waals surface area contributed by atoms with Gasteiger partial charge in [-0.05, 0) is 36.4 Å². The van der Waals surface area contributed by atoms with E-state index in [2.05, 4.69) is 24.7 Å². The van der Waals surface area contributed by atoms with Crippen LogP contribution < -0.4 is 9.47 Å². The standard InChI is InChI=1S/C22H21N5O2/c1-28-20-8-6-16(15-18(20)19-7-9-21(29-2)26-25-19)22-24-12-14-27(22)13-10-17-5-3-4-11-23-17/h3-9,11-12,14-15H,10,13H2,1-2H3. The van der Waals surface area contributed by atoms with E-state index in [0.717, 1.165) is 41.4 Å². The maximum absolute atomic E-state index is 5.53. The van der Waals surface area contributed by atoms with E-state index in [9.17, 15) is 0 Å². The van der Waals surface area contributed by atoms with Crippen LogP contribution >= 0.6 is 0 Å². The van der Waals surface area contributed by atoms with Crippen molar-refractivity contribution in [3.05, 3.63) is 72.8 Å². The lowest BCUT2D eigenvalue weighted by Gasteiger charge is -2.12. The summed E-state index contributed by atoms with van der Waals surface area (Å²) < 4.78 is 12.8. The summed E-state index contributed by atoms with van der Waals surface area (Å²) in [5, 5.41) is 8.33. The van der Waals surface area contributed by atoms with E-state index in [-0.39, 0.29) is 0 Å². The van der Waals surface area contributed by atoms with Gasteiger partial charge in [0.1, 0.15) is 11.6 Å². The molecule has 7 nitrogen and oxygen atoms in total. The Morgan fingerprint density at radius 3 is 2.55 bits per heavy atom. The Morgan fingerprint density at radius 2 is 1.83 bits per heavy atom. The minimum atomic E-state index is 0.467. The lowest BCUT2D eigenvalue weighted by Crippen LogP contribution is -2.04. The van der Waals surface area contributed by atoms with E-state index in [1.54, 1.807) is 20.3 Å². The number of rotatable bonds is 7. The first-order valence-corrected chi connectivity index (χ1v) is 9.26. The van der Waals surface area contributed by atoms with Crippen LogP contribution in [0.2, 0.25) is 0 Å². The van der Waals surface area contributed by atoms with Crippen molar-refractivity contribution in [2.75, 3.05) is 14.2 Å². The first-order chi connectivity index (χ1) is 14.3. The van der Waals surface area contributed by atoms with Gasteiger partial charge in [0.2, 0.25) is 5.88 Å². The van der Waals surface area contributed by atoms with Crippen LogP contribution in [0.5, 0.6) is 11.6 Å². The van der Waals surface area contributed by atoms with Crippen LogP contribution in [0, 0.1) is 0 Å². The molecule has 146 valence electrons. The molecule has 0 aliphatic carbocycles. The van der Waals surface area contributed by atoms with E-state index < -0.39 is 0 Å². The van der Waals surface area contributed by atoms with Crippen LogP contribution in [-0.4, -0.2) is 39.0 Å². The molecule has 0 bridgehead atoms. The summed E-state index contributed by atoms with van der Waals surface area (Å²) in [5.74, 6) is 2.07. The Hall–Kier alpha value is -3.74. The number of benzene rings is 1. The Bertz CT molecular complexity index is 1080. The molecule has 0 radical (unpaired) electrons. The molecule has 4 aromatic rings. The second-order valence-electron chi connectivity index (χ2n) is 6.39. The van der Waals surface area contributed by atoms with Gasteiger partial charge in [-0.1, -0.05) is 6.07 Å². The molecule has 3 aromatic heterocycles. The van der Waals surface area contributed by atoms with Crippen molar-refractivity contribution in [2.24, 2.45) is 0 Å². The molecular formula is C22H21N5O2. The molecule has 3 heterocycles. The maximum Gasteiger partial charge on any atom is 0.233 e. The fraction of sp³-hybridized carbons (Fsp3) is 0.182. The van der Waals surface area contributed by atoms with E-state index in [1.165, 1.54) is 0 Å². The molecule has 0 N–H and O–H groups in total. The number of hydrogen-bond acceptors (Lipinski definition) is 6. The van der Waals surface area contributed by atoms with Gasteiger partial charge in [-0.2, -0.15) is 0 Å². The van der Waals surface area contributed by atoms with Gasteiger partial charge in [0, 0.05) is 54.4 Å². The van der Waals surface area contributed by atoms with Crippen LogP contribution in [0.15, 0.2) is 67.1 Å². The maximum atomic E-state index is 5.53. The highest BCUT2D eigenvalue weighted by Crippen LogP contribution is 2.33. The van der Waals surface area contributed by atoms with Gasteiger partial charge in [-0.15, -0.1) is 10.2 Å². The van der Waals surface area contributed by atoms with Crippen molar-refractivity contribution in [2.45, 2.75) is 13.0 Å². The second-order valence-corrected chi connectivity index (χ2v) is 6.39. The van der Waals surface area contributed by atoms with Gasteiger partial charge in [-0.25, -0.2) is 4.98 Å². The predicted molar refractivity (Wildman–Crippen MR) is 110 cm³/mol. The summed E-state index contributed by atoms with van der Waals surface area (Å²) in [4.78, 5) is 8.96. The molecule has 0 aliphatic heterocycles. The highest BCUT2D eigenvalue weighted by molar-refractivity contribution is 5.73. The average molecular weight is 387 g/mol. The third-order valence-electron chi connectivity index (χ3n) is 4.63. The lowest BCUT2D eigenvalue weighted by atomic mass is 10.1. The summed E-state index contributed by atoms with van der Waals surface area (Å²) >= 11 is 0. The Balaban J connectivity index is 1.65. The van der Waals surface area contributed by atoms with Gasteiger partial charge >= 0.3 is 0 Å². The number of imidazole rings is 1. The summed E-state index contributed by atoms with van der Waals surface area (Å²) in [6.45, 7) is 0.788. The van der Waals surface area contributed by atoms with Crippen molar-refractivity contribution in [3.63, 3.8) is 0 Å². The fourth-order valence-electron chi connectivity index (χ4n) is 3.15. The van der Waals surface area contributed by atoms with E-state index in [4.69, 9.17) is 9.47 Å². The van der Waals surface area contributed by atoms with Gasteiger partial charge in [0.15, 0.2) is 0 Å². The zero-order valence-electron chi connectivity index (χ0n) is 16.3. The van der Waals surface area contributed by atoms with Crippen LogP contribution in [0.3, 0.4) is 0 Å². The molecule has 0 aliphatic rings. The molecular weight excluding hydrogens is 366 g/mol. The van der Waals surface area contributed by atoms with Gasteiger partial charge < -0.3 is 14.0 Å². The summed E-state index contributed by atoms with van der Waals surface area (Å²) in [5.41, 5.74) is 3.58. The second kappa shape index (κ2) is 8.52. The zero-order valence-corrected chi connectivity index (χ0v) is 16.3. The SMILES string of the molecule is COc1ccc(-c2cc(-c3nccn3CCc3ccccn3)ccc2OC)nn1. The van der Waals surface area contributed by atoms with E-state index in [1.807, 2.05) is 61.1 Å². The summed E-state index contributed by atoms with van der Waals surface area (Å²) in [6.07, 6.45) is 6.44. The monoisotopic (exact) mass is 387 g/mol. The Labute approximate surface area is 169 Å². The molecule has 0 atom stereocenters. The number of ether oxygens (including phenoxy) is 2. The third kappa shape index (κ3) is 4.08. The van der Waals surface area contributed by atoms with Crippen molar-refractivity contribution >= 4 is 0 Å². The van der Waals surface area contributed by atoms with Crippen LogP contribution in [0.25, 0.3) is 22.6 Å². The number of pyridine rings is 1. The topological polar surface area (TPSA) is 75.0 Å². The molecule has 0 saturated carbocycles. The number of aryl methyl sites for hydroxylation is 2. The first kappa shape index (κ1) is 18.6. The molecule has 0 amide bonds. The van der Waals surface area contributed by atoms with Crippen LogP contribution in [0.4, 0.5) is 0 Å². The fourth-order valence-corrected chi connectivity index (χ4v) is 3.15. The van der Waals surface area contributed by atoms with Crippen LogP contribution in [-0.2, 0) is 13.0 Å². The largest absolute Gasteiger partial charge is 0.496 e. The quantitative estimate of drug-likeness (QED) is 0.482.